The first-order valence-electron chi connectivity index (χ1n) is 2.66. The van der Waals surface area contributed by atoms with Crippen LogP contribution < -0.4 is 0 Å². The predicted molar refractivity (Wildman–Crippen MR) is 40.4 cm³/mol. The molecule has 0 spiro atoms. The van der Waals surface area contributed by atoms with E-state index in [1.807, 2.05) is 0 Å². The van der Waals surface area contributed by atoms with Gasteiger partial charge >= 0.3 is 0 Å². The summed E-state index contributed by atoms with van der Waals surface area (Å²) in [5.74, 6) is 2.43. The van der Waals surface area contributed by atoms with Gasteiger partial charge in [-0.05, 0) is 17.9 Å². The van der Waals surface area contributed by atoms with Crippen molar-refractivity contribution in [2.24, 2.45) is 0 Å². The molecule has 2 heteroatoms. The molecule has 0 heterocycles. The second kappa shape index (κ2) is 4.72. The Hall–Kier alpha value is 0.570. The summed E-state index contributed by atoms with van der Waals surface area (Å²) >= 11 is 5.07. The Morgan fingerprint density at radius 3 is 2.14 bits per heavy atom. The summed E-state index contributed by atoms with van der Waals surface area (Å²) in [6.07, 6.45) is 1.25. The molecule has 0 aliphatic carbocycles. The standard InChI is InChI=1S/C5H12S2/c1-3-5-7(6)4-2/h3-5H2,1-2H3. The molecule has 0 nitrogen and oxygen atoms in total. The van der Waals surface area contributed by atoms with Gasteiger partial charge in [0.1, 0.15) is 0 Å². The highest BCUT2D eigenvalue weighted by atomic mass is 32.8. The third-order valence-electron chi connectivity index (χ3n) is 0.754. The van der Waals surface area contributed by atoms with E-state index >= 15 is 0 Å². The topological polar surface area (TPSA) is 0 Å². The Bertz CT molecular complexity index is 59.1. The summed E-state index contributed by atoms with van der Waals surface area (Å²) in [6.45, 7) is 4.34. The van der Waals surface area contributed by atoms with Gasteiger partial charge in [-0.15, -0.1) is 9.45 Å². The van der Waals surface area contributed by atoms with E-state index in [1.54, 1.807) is 0 Å². The summed E-state index contributed by atoms with van der Waals surface area (Å²) in [5, 5.41) is 0. The molecule has 0 radical (unpaired) electrons. The third kappa shape index (κ3) is 4.42. The molecular formula is C5H12S2. The molecule has 44 valence electrons. The lowest BCUT2D eigenvalue weighted by Crippen LogP contribution is -1.94. The fourth-order valence-electron chi connectivity index (χ4n) is 0.372. The zero-order valence-corrected chi connectivity index (χ0v) is 6.57. The maximum Gasteiger partial charge on any atom is -0.00236 e. The summed E-state index contributed by atoms with van der Waals surface area (Å²) in [4.78, 5) is 0. The van der Waals surface area contributed by atoms with E-state index in [9.17, 15) is 0 Å². The highest BCUT2D eigenvalue weighted by Gasteiger charge is 1.83. The van der Waals surface area contributed by atoms with Crippen LogP contribution in [-0.4, -0.2) is 11.5 Å². The first kappa shape index (κ1) is 7.57. The first-order valence-corrected chi connectivity index (χ1v) is 5.15. The van der Waals surface area contributed by atoms with Crippen molar-refractivity contribution in [1.82, 2.24) is 0 Å². The summed E-state index contributed by atoms with van der Waals surface area (Å²) < 4.78 is 0. The molecule has 0 saturated carbocycles. The SMILES string of the molecule is CCCS(=S)CC. The average molecular weight is 136 g/mol. The van der Waals surface area contributed by atoms with E-state index in [-0.39, 0.29) is 0 Å². The number of hydrogen-bond acceptors (Lipinski definition) is 1. The zero-order valence-electron chi connectivity index (χ0n) is 4.94. The fourth-order valence-corrected chi connectivity index (χ4v) is 1.62. The van der Waals surface area contributed by atoms with Gasteiger partial charge in [-0.1, -0.05) is 25.0 Å². The average Bonchev–Trinajstić information content (AvgIpc) is 1.68. The van der Waals surface area contributed by atoms with Crippen molar-refractivity contribution in [2.75, 3.05) is 11.5 Å². The van der Waals surface area contributed by atoms with Crippen LogP contribution >= 0.6 is 0 Å². The monoisotopic (exact) mass is 136 g/mol. The van der Waals surface area contributed by atoms with Crippen LogP contribution in [-0.2, 0) is 20.6 Å². The maximum atomic E-state index is 5.07. The Labute approximate surface area is 52.9 Å². The minimum atomic E-state index is 0.306. The van der Waals surface area contributed by atoms with Gasteiger partial charge in [0.2, 0.25) is 0 Å². The zero-order chi connectivity index (χ0) is 5.70. The van der Waals surface area contributed by atoms with Crippen molar-refractivity contribution in [3.05, 3.63) is 0 Å². The van der Waals surface area contributed by atoms with E-state index in [4.69, 9.17) is 11.2 Å². The van der Waals surface area contributed by atoms with Gasteiger partial charge in [-0.25, -0.2) is 0 Å². The molecule has 0 rings (SSSR count). The Balaban J connectivity index is 3.00. The lowest BCUT2D eigenvalue weighted by molar-refractivity contribution is 1.10. The molecule has 0 N–H and O–H groups in total. The Morgan fingerprint density at radius 2 is 2.00 bits per heavy atom. The van der Waals surface area contributed by atoms with Gasteiger partial charge in [0.25, 0.3) is 0 Å². The van der Waals surface area contributed by atoms with Gasteiger partial charge in [-0.2, -0.15) is 0 Å². The molecule has 0 amide bonds. The van der Waals surface area contributed by atoms with E-state index < -0.39 is 0 Å². The van der Waals surface area contributed by atoms with E-state index in [0.29, 0.717) is 9.45 Å². The van der Waals surface area contributed by atoms with Gasteiger partial charge in [-0.3, -0.25) is 0 Å². The van der Waals surface area contributed by atoms with Gasteiger partial charge in [0.15, 0.2) is 0 Å². The predicted octanol–water partition coefficient (Wildman–Crippen LogP) is 1.50. The van der Waals surface area contributed by atoms with E-state index in [2.05, 4.69) is 13.8 Å². The molecule has 0 aromatic heterocycles. The largest absolute Gasteiger partial charge is 0.122 e. The molecule has 0 fully saturated rings. The second-order valence-corrected chi connectivity index (χ2v) is 4.71. The molecule has 1 atom stereocenters. The van der Waals surface area contributed by atoms with Crippen molar-refractivity contribution in [3.8, 4) is 0 Å². The first-order chi connectivity index (χ1) is 3.31. The minimum Gasteiger partial charge on any atom is -0.122 e. The molecule has 0 aliphatic rings. The van der Waals surface area contributed by atoms with Crippen molar-refractivity contribution in [1.29, 1.82) is 0 Å². The van der Waals surface area contributed by atoms with Crippen LogP contribution in [0.4, 0.5) is 0 Å². The van der Waals surface area contributed by atoms with Crippen LogP contribution in [0, 0.1) is 0 Å². The van der Waals surface area contributed by atoms with Crippen molar-refractivity contribution < 1.29 is 0 Å². The van der Waals surface area contributed by atoms with Gasteiger partial charge in [0, 0.05) is 0 Å². The van der Waals surface area contributed by atoms with Gasteiger partial charge < -0.3 is 0 Å². The molecular weight excluding hydrogens is 124 g/mol. The molecule has 0 aliphatic heterocycles. The molecule has 0 bridgehead atoms. The lowest BCUT2D eigenvalue weighted by atomic mass is 10.6. The quantitative estimate of drug-likeness (QED) is 0.566. The van der Waals surface area contributed by atoms with Crippen molar-refractivity contribution in [2.45, 2.75) is 20.3 Å². The highest BCUT2D eigenvalue weighted by molar-refractivity contribution is 8.28. The lowest BCUT2D eigenvalue weighted by Gasteiger charge is -1.94. The van der Waals surface area contributed by atoms with Gasteiger partial charge in [0.05, 0.1) is 0 Å². The second-order valence-electron chi connectivity index (χ2n) is 1.43. The fraction of sp³-hybridized carbons (Fsp3) is 1.00. The van der Waals surface area contributed by atoms with Crippen LogP contribution in [0.2, 0.25) is 0 Å². The maximum absolute atomic E-state index is 5.07. The molecule has 0 aromatic carbocycles. The number of hydrogen-bond donors (Lipinski definition) is 0. The molecule has 0 saturated heterocycles. The highest BCUT2D eigenvalue weighted by Crippen LogP contribution is 1.84. The minimum absolute atomic E-state index is 0.306. The number of rotatable bonds is 3. The summed E-state index contributed by atoms with van der Waals surface area (Å²) in [5.41, 5.74) is 0. The molecule has 7 heavy (non-hydrogen) atoms. The van der Waals surface area contributed by atoms with E-state index in [1.165, 1.54) is 17.9 Å². The third-order valence-corrected chi connectivity index (χ3v) is 3.47. The molecule has 1 unspecified atom stereocenters. The Morgan fingerprint density at radius 1 is 1.43 bits per heavy atom. The van der Waals surface area contributed by atoms with Crippen molar-refractivity contribution >= 4 is 20.6 Å². The molecule has 0 aromatic rings. The normalized spacial score (nSPS) is 14.0. The van der Waals surface area contributed by atoms with E-state index in [0.717, 1.165) is 0 Å². The summed E-state index contributed by atoms with van der Waals surface area (Å²) in [6, 6.07) is 0. The van der Waals surface area contributed by atoms with Crippen LogP contribution in [0.3, 0.4) is 0 Å². The van der Waals surface area contributed by atoms with Crippen LogP contribution in [0.1, 0.15) is 20.3 Å². The Kier molecular flexibility index (Phi) is 5.11. The van der Waals surface area contributed by atoms with Crippen LogP contribution in [0.5, 0.6) is 0 Å². The smallest absolute Gasteiger partial charge is 0.00236 e. The van der Waals surface area contributed by atoms with Crippen LogP contribution in [0.25, 0.3) is 0 Å². The van der Waals surface area contributed by atoms with Crippen LogP contribution in [0.15, 0.2) is 0 Å². The summed E-state index contributed by atoms with van der Waals surface area (Å²) in [7, 11) is 0.306. The van der Waals surface area contributed by atoms with Crippen molar-refractivity contribution in [3.63, 3.8) is 0 Å².